The summed E-state index contributed by atoms with van der Waals surface area (Å²) in [5.41, 5.74) is 2.29. The van der Waals surface area contributed by atoms with Crippen LogP contribution in [0.5, 0.6) is 5.75 Å². The predicted octanol–water partition coefficient (Wildman–Crippen LogP) is 4.29. The van der Waals surface area contributed by atoms with E-state index in [0.717, 1.165) is 37.5 Å². The van der Waals surface area contributed by atoms with Gasteiger partial charge in [0.25, 0.3) is 0 Å². The predicted molar refractivity (Wildman–Crippen MR) is 104 cm³/mol. The fraction of sp³-hybridized carbons (Fsp3) is 0.364. The van der Waals surface area contributed by atoms with Crippen LogP contribution < -0.4 is 0 Å². The summed E-state index contributed by atoms with van der Waals surface area (Å²) in [5, 5.41) is 13.5. The molecule has 0 spiro atoms. The largest absolute Gasteiger partial charge is 0.508 e. The molecule has 0 atom stereocenters. The zero-order chi connectivity index (χ0) is 18.5. The van der Waals surface area contributed by atoms with E-state index in [4.69, 9.17) is 4.52 Å². The Labute approximate surface area is 159 Å². The molecule has 0 unspecified atom stereocenters. The summed E-state index contributed by atoms with van der Waals surface area (Å²) >= 11 is 0. The third-order valence-electron chi connectivity index (χ3n) is 5.34. The lowest BCUT2D eigenvalue weighted by molar-refractivity contribution is 0.155. The van der Waals surface area contributed by atoms with Crippen LogP contribution in [0.3, 0.4) is 0 Å². The highest BCUT2D eigenvalue weighted by Gasteiger charge is 2.21. The molecular formula is C22H25N3O2. The second-order valence-corrected chi connectivity index (χ2v) is 7.30. The van der Waals surface area contributed by atoms with E-state index in [9.17, 15) is 5.11 Å². The molecule has 1 N–H and O–H groups in total. The zero-order valence-electron chi connectivity index (χ0n) is 15.4. The maximum Gasteiger partial charge on any atom is 0.241 e. The van der Waals surface area contributed by atoms with Crippen molar-refractivity contribution in [1.82, 2.24) is 15.0 Å². The van der Waals surface area contributed by atoms with Crippen LogP contribution in [0.1, 0.15) is 30.7 Å². The fourth-order valence-corrected chi connectivity index (χ4v) is 3.68. The van der Waals surface area contributed by atoms with Crippen LogP contribution in [0, 0.1) is 5.92 Å². The van der Waals surface area contributed by atoms with Crippen LogP contribution in [0.15, 0.2) is 59.1 Å². The average Bonchev–Trinajstić information content (AvgIpc) is 3.18. The molecule has 4 rings (SSSR count). The van der Waals surface area contributed by atoms with Gasteiger partial charge in [-0.05, 0) is 62.4 Å². The first kappa shape index (κ1) is 17.7. The third-order valence-corrected chi connectivity index (χ3v) is 5.34. The number of hydrogen-bond acceptors (Lipinski definition) is 5. The number of aromatic hydroxyl groups is 1. The molecule has 140 valence electrons. The first-order valence-electron chi connectivity index (χ1n) is 9.64. The molecule has 1 fully saturated rings. The van der Waals surface area contributed by atoms with Gasteiger partial charge in [-0.1, -0.05) is 47.6 Å². The summed E-state index contributed by atoms with van der Waals surface area (Å²) in [6.07, 6.45) is 4.70. The van der Waals surface area contributed by atoms with Crippen molar-refractivity contribution in [2.45, 2.75) is 32.2 Å². The summed E-state index contributed by atoms with van der Waals surface area (Å²) in [6, 6.07) is 17.5. The second kappa shape index (κ2) is 8.35. The Kier molecular flexibility index (Phi) is 5.49. The lowest BCUT2D eigenvalue weighted by atomic mass is 9.90. The SMILES string of the molecule is Oc1ccc(CCC2CCN(Cc3nc(-c4ccccc4)no3)CC2)cc1. The van der Waals surface area contributed by atoms with Gasteiger partial charge in [-0.3, -0.25) is 4.90 Å². The number of rotatable bonds is 6. The maximum absolute atomic E-state index is 9.37. The number of piperidine rings is 1. The van der Waals surface area contributed by atoms with E-state index in [0.29, 0.717) is 17.5 Å². The van der Waals surface area contributed by atoms with Crippen LogP contribution >= 0.6 is 0 Å². The molecule has 1 aliphatic rings. The van der Waals surface area contributed by atoms with E-state index in [1.165, 1.54) is 24.8 Å². The van der Waals surface area contributed by atoms with Crippen molar-refractivity contribution in [3.63, 3.8) is 0 Å². The topological polar surface area (TPSA) is 62.4 Å². The lowest BCUT2D eigenvalue weighted by Crippen LogP contribution is -2.33. The number of phenolic OH excluding ortho intramolecular Hbond substituents is 1. The van der Waals surface area contributed by atoms with Gasteiger partial charge in [0.05, 0.1) is 6.54 Å². The highest BCUT2D eigenvalue weighted by molar-refractivity contribution is 5.53. The number of aryl methyl sites for hydroxylation is 1. The van der Waals surface area contributed by atoms with E-state index in [2.05, 4.69) is 15.0 Å². The molecule has 1 aromatic heterocycles. The minimum atomic E-state index is 0.337. The number of nitrogens with zero attached hydrogens (tertiary/aromatic N) is 3. The summed E-state index contributed by atoms with van der Waals surface area (Å²) in [5.74, 6) is 2.45. The van der Waals surface area contributed by atoms with Gasteiger partial charge in [0.2, 0.25) is 11.7 Å². The first-order valence-corrected chi connectivity index (χ1v) is 9.64. The Morgan fingerprint density at radius 3 is 2.48 bits per heavy atom. The molecule has 0 aliphatic carbocycles. The first-order chi connectivity index (χ1) is 13.3. The average molecular weight is 363 g/mol. The Hall–Kier alpha value is -2.66. The van der Waals surface area contributed by atoms with E-state index >= 15 is 0 Å². The minimum Gasteiger partial charge on any atom is -0.508 e. The number of hydrogen-bond donors (Lipinski definition) is 1. The van der Waals surface area contributed by atoms with Gasteiger partial charge in [-0.2, -0.15) is 4.98 Å². The zero-order valence-corrected chi connectivity index (χ0v) is 15.4. The molecule has 0 bridgehead atoms. The molecule has 0 radical (unpaired) electrons. The van der Waals surface area contributed by atoms with Crippen molar-refractivity contribution < 1.29 is 9.63 Å². The van der Waals surface area contributed by atoms with Crippen LogP contribution in [-0.2, 0) is 13.0 Å². The van der Waals surface area contributed by atoms with Gasteiger partial charge >= 0.3 is 0 Å². The summed E-state index contributed by atoms with van der Waals surface area (Å²) in [7, 11) is 0. The monoisotopic (exact) mass is 363 g/mol. The quantitative estimate of drug-likeness (QED) is 0.708. The molecule has 3 aromatic rings. The van der Waals surface area contributed by atoms with Crippen molar-refractivity contribution in [3.05, 3.63) is 66.1 Å². The second-order valence-electron chi connectivity index (χ2n) is 7.30. The molecule has 1 aliphatic heterocycles. The fourth-order valence-electron chi connectivity index (χ4n) is 3.68. The molecule has 0 saturated carbocycles. The van der Waals surface area contributed by atoms with Gasteiger partial charge in [0.1, 0.15) is 5.75 Å². The number of likely N-dealkylation sites (tertiary alicyclic amines) is 1. The van der Waals surface area contributed by atoms with Crippen molar-refractivity contribution in [3.8, 4) is 17.1 Å². The van der Waals surface area contributed by atoms with Gasteiger partial charge < -0.3 is 9.63 Å². The summed E-state index contributed by atoms with van der Waals surface area (Å²) in [6.45, 7) is 2.87. The molecule has 5 heteroatoms. The third kappa shape index (κ3) is 4.74. The van der Waals surface area contributed by atoms with E-state index in [-0.39, 0.29) is 0 Å². The molecule has 27 heavy (non-hydrogen) atoms. The standard InChI is InChI=1S/C22H25N3O2/c26-20-10-8-17(9-11-20)6-7-18-12-14-25(15-13-18)16-21-23-22(24-27-21)19-4-2-1-3-5-19/h1-5,8-11,18,26H,6-7,12-16H2. The lowest BCUT2D eigenvalue weighted by Gasteiger charge is -2.30. The van der Waals surface area contributed by atoms with Crippen LogP contribution in [0.4, 0.5) is 0 Å². The molecular weight excluding hydrogens is 338 g/mol. The van der Waals surface area contributed by atoms with Crippen LogP contribution in [0.25, 0.3) is 11.4 Å². The van der Waals surface area contributed by atoms with Crippen molar-refractivity contribution in [2.75, 3.05) is 13.1 Å². The molecule has 2 aromatic carbocycles. The number of aromatic nitrogens is 2. The number of benzene rings is 2. The Morgan fingerprint density at radius 1 is 1.00 bits per heavy atom. The van der Waals surface area contributed by atoms with Gasteiger partial charge in [-0.15, -0.1) is 0 Å². The Bertz CT molecular complexity index is 838. The van der Waals surface area contributed by atoms with Crippen molar-refractivity contribution in [1.29, 1.82) is 0 Å². The molecule has 1 saturated heterocycles. The minimum absolute atomic E-state index is 0.337. The highest BCUT2D eigenvalue weighted by Crippen LogP contribution is 2.24. The Morgan fingerprint density at radius 2 is 1.74 bits per heavy atom. The van der Waals surface area contributed by atoms with Gasteiger partial charge in [-0.25, -0.2) is 0 Å². The highest BCUT2D eigenvalue weighted by atomic mass is 16.5. The van der Waals surface area contributed by atoms with Gasteiger partial charge in [0.15, 0.2) is 0 Å². The van der Waals surface area contributed by atoms with E-state index in [1.807, 2.05) is 42.5 Å². The van der Waals surface area contributed by atoms with Crippen LogP contribution in [0.2, 0.25) is 0 Å². The molecule has 2 heterocycles. The normalized spacial score (nSPS) is 15.9. The Balaban J connectivity index is 1.24. The smallest absolute Gasteiger partial charge is 0.241 e. The van der Waals surface area contributed by atoms with E-state index < -0.39 is 0 Å². The summed E-state index contributed by atoms with van der Waals surface area (Å²) < 4.78 is 5.44. The number of phenols is 1. The van der Waals surface area contributed by atoms with Crippen molar-refractivity contribution >= 4 is 0 Å². The maximum atomic E-state index is 9.37. The van der Waals surface area contributed by atoms with Crippen molar-refractivity contribution in [2.24, 2.45) is 5.92 Å². The van der Waals surface area contributed by atoms with Gasteiger partial charge in [0, 0.05) is 5.56 Å². The summed E-state index contributed by atoms with van der Waals surface area (Å²) in [4.78, 5) is 6.94. The molecule has 0 amide bonds. The molecule has 5 nitrogen and oxygen atoms in total. The van der Waals surface area contributed by atoms with E-state index in [1.54, 1.807) is 12.1 Å². The van der Waals surface area contributed by atoms with Crippen LogP contribution in [-0.4, -0.2) is 33.2 Å².